The van der Waals surface area contributed by atoms with E-state index in [9.17, 15) is 0 Å². The predicted molar refractivity (Wildman–Crippen MR) is 63.8 cm³/mol. The van der Waals surface area contributed by atoms with E-state index in [0.717, 1.165) is 17.8 Å². The molecule has 0 saturated carbocycles. The van der Waals surface area contributed by atoms with Crippen molar-refractivity contribution in [1.82, 2.24) is 0 Å². The van der Waals surface area contributed by atoms with Gasteiger partial charge < -0.3 is 10.5 Å². The van der Waals surface area contributed by atoms with Crippen molar-refractivity contribution in [3.63, 3.8) is 0 Å². The van der Waals surface area contributed by atoms with E-state index < -0.39 is 0 Å². The summed E-state index contributed by atoms with van der Waals surface area (Å²) in [5.41, 5.74) is 1.93. The van der Waals surface area contributed by atoms with Crippen LogP contribution in [0.5, 0.6) is 0 Å². The van der Waals surface area contributed by atoms with Gasteiger partial charge in [-0.25, -0.2) is 0 Å². The Kier molecular flexibility index (Phi) is 5.30. The van der Waals surface area contributed by atoms with Gasteiger partial charge in [0.15, 0.2) is 0 Å². The molecule has 3 heteroatoms. The van der Waals surface area contributed by atoms with Crippen LogP contribution in [-0.4, -0.2) is 18.0 Å². The summed E-state index contributed by atoms with van der Waals surface area (Å²) in [5, 5.41) is 14.9. The minimum Gasteiger partial charge on any atom is -0.411 e. The van der Waals surface area contributed by atoms with Crippen LogP contribution in [0.3, 0.4) is 0 Å². The highest BCUT2D eigenvalue weighted by Crippen LogP contribution is 2.12. The maximum atomic E-state index is 8.50. The molecule has 0 fully saturated rings. The summed E-state index contributed by atoms with van der Waals surface area (Å²) in [5.74, 6) is 0. The Labute approximate surface area is 90.8 Å². The van der Waals surface area contributed by atoms with Crippen LogP contribution in [-0.2, 0) is 0 Å². The summed E-state index contributed by atoms with van der Waals surface area (Å²) in [6.45, 7) is 3.15. The first-order chi connectivity index (χ1) is 7.38. The summed E-state index contributed by atoms with van der Waals surface area (Å²) >= 11 is 0. The second-order valence-corrected chi connectivity index (χ2v) is 3.47. The van der Waals surface area contributed by atoms with Gasteiger partial charge in [-0.1, -0.05) is 43.1 Å². The quantitative estimate of drug-likeness (QED) is 0.325. The van der Waals surface area contributed by atoms with Crippen molar-refractivity contribution in [3.05, 3.63) is 29.8 Å². The molecule has 0 aliphatic heterocycles. The maximum absolute atomic E-state index is 8.50. The first-order valence-electron chi connectivity index (χ1n) is 5.38. The zero-order chi connectivity index (χ0) is 10.9. The van der Waals surface area contributed by atoms with Crippen LogP contribution in [0.25, 0.3) is 0 Å². The van der Waals surface area contributed by atoms with Gasteiger partial charge in [0.1, 0.15) is 0 Å². The van der Waals surface area contributed by atoms with E-state index in [1.165, 1.54) is 25.5 Å². The van der Waals surface area contributed by atoms with Crippen molar-refractivity contribution < 1.29 is 5.21 Å². The van der Waals surface area contributed by atoms with E-state index in [2.05, 4.69) is 17.4 Å². The van der Waals surface area contributed by atoms with Gasteiger partial charge in [0.2, 0.25) is 0 Å². The van der Waals surface area contributed by atoms with Crippen molar-refractivity contribution in [1.29, 1.82) is 0 Å². The van der Waals surface area contributed by atoms with Crippen LogP contribution < -0.4 is 5.32 Å². The predicted octanol–water partition coefficient (Wildman–Crippen LogP) is 3.10. The molecule has 3 nitrogen and oxygen atoms in total. The molecule has 0 bridgehead atoms. The van der Waals surface area contributed by atoms with Crippen molar-refractivity contribution >= 4 is 11.9 Å². The molecule has 0 heterocycles. The smallest absolute Gasteiger partial charge is 0.0754 e. The molecule has 1 aromatic carbocycles. The molecule has 0 aliphatic rings. The van der Waals surface area contributed by atoms with Gasteiger partial charge >= 0.3 is 0 Å². The highest BCUT2D eigenvalue weighted by Gasteiger charge is 1.97. The van der Waals surface area contributed by atoms with Crippen LogP contribution >= 0.6 is 0 Å². The second kappa shape index (κ2) is 6.87. The van der Waals surface area contributed by atoms with Gasteiger partial charge in [-0.3, -0.25) is 0 Å². The number of hydrogen-bond donors (Lipinski definition) is 2. The van der Waals surface area contributed by atoms with Gasteiger partial charge in [0, 0.05) is 17.8 Å². The van der Waals surface area contributed by atoms with Crippen molar-refractivity contribution in [2.24, 2.45) is 5.16 Å². The zero-order valence-electron chi connectivity index (χ0n) is 9.11. The maximum Gasteiger partial charge on any atom is 0.0754 e. The van der Waals surface area contributed by atoms with E-state index in [4.69, 9.17) is 5.21 Å². The van der Waals surface area contributed by atoms with Crippen LogP contribution in [0.15, 0.2) is 29.4 Å². The number of oxime groups is 1. The molecule has 0 aromatic heterocycles. The molecule has 1 aromatic rings. The first-order valence-corrected chi connectivity index (χ1v) is 5.38. The van der Waals surface area contributed by atoms with Gasteiger partial charge in [-0.05, 0) is 12.5 Å². The van der Waals surface area contributed by atoms with Crippen LogP contribution in [0.1, 0.15) is 31.7 Å². The van der Waals surface area contributed by atoms with Gasteiger partial charge in [-0.2, -0.15) is 0 Å². The number of unbranched alkanes of at least 4 members (excludes halogenated alkanes) is 2. The van der Waals surface area contributed by atoms with Gasteiger partial charge in [-0.15, -0.1) is 0 Å². The fourth-order valence-corrected chi connectivity index (χ4v) is 1.43. The standard InChI is InChI=1S/C12H18N2O/c1-2-3-6-9-13-12-8-5-4-7-11(12)10-14-15/h4-5,7-8,10,13,15H,2-3,6,9H2,1H3/b14-10-. The lowest BCUT2D eigenvalue weighted by molar-refractivity contribution is 0.322. The second-order valence-electron chi connectivity index (χ2n) is 3.47. The molecule has 0 radical (unpaired) electrons. The van der Waals surface area contributed by atoms with Gasteiger partial charge in [0.05, 0.1) is 6.21 Å². The van der Waals surface area contributed by atoms with E-state index in [1.54, 1.807) is 0 Å². The van der Waals surface area contributed by atoms with E-state index in [1.807, 2.05) is 24.3 Å². The Morgan fingerprint density at radius 3 is 2.87 bits per heavy atom. The molecule has 15 heavy (non-hydrogen) atoms. The SMILES string of the molecule is CCCCCNc1ccccc1/C=N\O. The lowest BCUT2D eigenvalue weighted by Gasteiger charge is -2.08. The van der Waals surface area contributed by atoms with E-state index in [0.29, 0.717) is 0 Å². The summed E-state index contributed by atoms with van der Waals surface area (Å²) in [7, 11) is 0. The number of nitrogens with one attached hydrogen (secondary N) is 1. The Morgan fingerprint density at radius 1 is 1.33 bits per heavy atom. The molecule has 1 rings (SSSR count). The van der Waals surface area contributed by atoms with Crippen molar-refractivity contribution in [2.45, 2.75) is 26.2 Å². The molecule has 0 unspecified atom stereocenters. The number of anilines is 1. The minimum absolute atomic E-state index is 0.913. The largest absolute Gasteiger partial charge is 0.411 e. The number of hydrogen-bond acceptors (Lipinski definition) is 3. The van der Waals surface area contributed by atoms with Crippen molar-refractivity contribution in [3.8, 4) is 0 Å². The normalized spacial score (nSPS) is 10.7. The molecule has 0 amide bonds. The summed E-state index contributed by atoms with van der Waals surface area (Å²) in [6, 6.07) is 7.80. The van der Waals surface area contributed by atoms with Gasteiger partial charge in [0.25, 0.3) is 0 Å². The summed E-state index contributed by atoms with van der Waals surface area (Å²) in [6.07, 6.45) is 5.08. The molecular weight excluding hydrogens is 188 g/mol. The first kappa shape index (κ1) is 11.6. The van der Waals surface area contributed by atoms with E-state index in [-0.39, 0.29) is 0 Å². The average Bonchev–Trinajstić information content (AvgIpc) is 2.27. The average molecular weight is 206 g/mol. The lowest BCUT2D eigenvalue weighted by Crippen LogP contribution is -2.03. The molecule has 0 aliphatic carbocycles. The highest BCUT2D eigenvalue weighted by molar-refractivity contribution is 5.87. The molecule has 0 spiro atoms. The van der Waals surface area contributed by atoms with Crippen molar-refractivity contribution in [2.75, 3.05) is 11.9 Å². The lowest BCUT2D eigenvalue weighted by atomic mass is 10.2. The Bertz CT molecular complexity index is 310. The fraction of sp³-hybridized carbons (Fsp3) is 0.417. The molecule has 82 valence electrons. The summed E-state index contributed by atoms with van der Waals surface area (Å²) < 4.78 is 0. The number of benzene rings is 1. The van der Waals surface area contributed by atoms with Crippen LogP contribution in [0, 0.1) is 0 Å². The number of rotatable bonds is 6. The topological polar surface area (TPSA) is 44.6 Å². The molecular formula is C12H18N2O. The number of nitrogens with zero attached hydrogens (tertiary/aromatic N) is 1. The molecule has 2 N–H and O–H groups in total. The third-order valence-electron chi connectivity index (χ3n) is 2.25. The van der Waals surface area contributed by atoms with E-state index >= 15 is 0 Å². The summed E-state index contributed by atoms with van der Waals surface area (Å²) in [4.78, 5) is 0. The molecule has 0 atom stereocenters. The van der Waals surface area contributed by atoms with Crippen LogP contribution in [0.2, 0.25) is 0 Å². The third kappa shape index (κ3) is 4.02. The number of para-hydroxylation sites is 1. The Hall–Kier alpha value is -1.51. The molecule has 0 saturated heterocycles. The zero-order valence-corrected chi connectivity index (χ0v) is 9.11. The minimum atomic E-state index is 0.913. The fourth-order valence-electron chi connectivity index (χ4n) is 1.43. The third-order valence-corrected chi connectivity index (χ3v) is 2.25. The Morgan fingerprint density at radius 2 is 2.13 bits per heavy atom. The highest BCUT2D eigenvalue weighted by atomic mass is 16.4. The monoisotopic (exact) mass is 206 g/mol. The Balaban J connectivity index is 2.51. The van der Waals surface area contributed by atoms with Crippen LogP contribution in [0.4, 0.5) is 5.69 Å².